The van der Waals surface area contributed by atoms with E-state index in [2.05, 4.69) is 42.0 Å². The Morgan fingerprint density at radius 1 is 1.26 bits per heavy atom. The third-order valence-electron chi connectivity index (χ3n) is 3.85. The molecule has 1 aliphatic rings. The fourth-order valence-corrected chi connectivity index (χ4v) is 2.74. The maximum Gasteiger partial charge on any atom is 0.0540 e. The van der Waals surface area contributed by atoms with Crippen molar-refractivity contribution in [3.63, 3.8) is 0 Å². The first-order valence-corrected chi connectivity index (χ1v) is 7.19. The summed E-state index contributed by atoms with van der Waals surface area (Å²) in [5, 5.41) is 8.79. The highest BCUT2D eigenvalue weighted by Crippen LogP contribution is 2.24. The fourth-order valence-electron chi connectivity index (χ4n) is 2.74. The van der Waals surface area contributed by atoms with Crippen LogP contribution in [0, 0.1) is 11.8 Å². The van der Waals surface area contributed by atoms with Gasteiger partial charge in [0.15, 0.2) is 0 Å². The van der Waals surface area contributed by atoms with Gasteiger partial charge in [0, 0.05) is 24.6 Å². The highest BCUT2D eigenvalue weighted by atomic mass is 16.2. The Hall–Kier alpha value is -1.30. The van der Waals surface area contributed by atoms with Crippen LogP contribution in [0.4, 0.5) is 0 Å². The standard InChI is InChI=1S/C17H23NO/c1-18(17-11-4-5-12-17)14-16-10-3-2-8-15(16)9-6-7-13-19/h2-3,8,10,17,19H,4-5,7,11-14H2,1H3. The summed E-state index contributed by atoms with van der Waals surface area (Å²) in [6.07, 6.45) is 5.94. The van der Waals surface area contributed by atoms with Gasteiger partial charge in [0.05, 0.1) is 6.61 Å². The summed E-state index contributed by atoms with van der Waals surface area (Å²) in [5.41, 5.74) is 2.39. The molecule has 102 valence electrons. The molecular weight excluding hydrogens is 234 g/mol. The van der Waals surface area contributed by atoms with Crippen LogP contribution in [0.15, 0.2) is 24.3 Å². The van der Waals surface area contributed by atoms with E-state index in [4.69, 9.17) is 5.11 Å². The van der Waals surface area contributed by atoms with Crippen molar-refractivity contribution in [3.05, 3.63) is 35.4 Å². The number of rotatable bonds is 4. The molecular formula is C17H23NO. The Labute approximate surface area is 116 Å². The third-order valence-corrected chi connectivity index (χ3v) is 3.85. The van der Waals surface area contributed by atoms with Gasteiger partial charge in [-0.3, -0.25) is 4.90 Å². The van der Waals surface area contributed by atoms with Gasteiger partial charge in [-0.15, -0.1) is 0 Å². The molecule has 1 fully saturated rings. The van der Waals surface area contributed by atoms with Gasteiger partial charge in [-0.25, -0.2) is 0 Å². The summed E-state index contributed by atoms with van der Waals surface area (Å²) < 4.78 is 0. The lowest BCUT2D eigenvalue weighted by Crippen LogP contribution is -2.28. The molecule has 0 radical (unpaired) electrons. The van der Waals surface area contributed by atoms with E-state index >= 15 is 0 Å². The van der Waals surface area contributed by atoms with E-state index in [1.165, 1.54) is 31.2 Å². The molecule has 1 aromatic rings. The molecule has 0 bridgehead atoms. The number of aliphatic hydroxyl groups is 1. The van der Waals surface area contributed by atoms with Crippen LogP contribution < -0.4 is 0 Å². The molecule has 0 amide bonds. The van der Waals surface area contributed by atoms with Crippen LogP contribution >= 0.6 is 0 Å². The van der Waals surface area contributed by atoms with Gasteiger partial charge >= 0.3 is 0 Å². The molecule has 2 heteroatoms. The first-order valence-electron chi connectivity index (χ1n) is 7.19. The van der Waals surface area contributed by atoms with E-state index < -0.39 is 0 Å². The van der Waals surface area contributed by atoms with Gasteiger partial charge in [0.2, 0.25) is 0 Å². The van der Waals surface area contributed by atoms with Crippen molar-refractivity contribution in [3.8, 4) is 11.8 Å². The van der Waals surface area contributed by atoms with E-state index in [1.54, 1.807) is 0 Å². The SMILES string of the molecule is CN(Cc1ccccc1C#CCCO)C1CCCC1. The molecule has 1 saturated carbocycles. The topological polar surface area (TPSA) is 23.5 Å². The minimum absolute atomic E-state index is 0.136. The average Bonchev–Trinajstić information content (AvgIpc) is 2.95. The highest BCUT2D eigenvalue weighted by molar-refractivity contribution is 5.41. The van der Waals surface area contributed by atoms with Gasteiger partial charge in [-0.2, -0.15) is 0 Å². The zero-order valence-corrected chi connectivity index (χ0v) is 11.7. The molecule has 0 heterocycles. The molecule has 19 heavy (non-hydrogen) atoms. The molecule has 1 aliphatic carbocycles. The maximum absolute atomic E-state index is 8.79. The Morgan fingerprint density at radius 2 is 2.00 bits per heavy atom. The smallest absolute Gasteiger partial charge is 0.0540 e. The van der Waals surface area contributed by atoms with Crippen LogP contribution in [0.25, 0.3) is 0 Å². The van der Waals surface area contributed by atoms with Gasteiger partial charge < -0.3 is 5.11 Å². The van der Waals surface area contributed by atoms with Crippen LogP contribution in [0.2, 0.25) is 0 Å². The number of benzene rings is 1. The predicted octanol–water partition coefficient (Wildman–Crippen LogP) is 2.79. The summed E-state index contributed by atoms with van der Waals surface area (Å²) in [7, 11) is 2.22. The monoisotopic (exact) mass is 257 g/mol. The Kier molecular flexibility index (Phi) is 5.44. The molecule has 0 aromatic heterocycles. The van der Waals surface area contributed by atoms with Crippen molar-refractivity contribution in [1.29, 1.82) is 0 Å². The first-order chi connectivity index (χ1) is 9.31. The highest BCUT2D eigenvalue weighted by Gasteiger charge is 2.19. The minimum Gasteiger partial charge on any atom is -0.395 e. The van der Waals surface area contributed by atoms with Crippen LogP contribution in [0.3, 0.4) is 0 Å². The van der Waals surface area contributed by atoms with Gasteiger partial charge in [-0.05, 0) is 31.5 Å². The summed E-state index contributed by atoms with van der Waals surface area (Å²) in [5.74, 6) is 6.19. The normalized spacial score (nSPS) is 15.5. The summed E-state index contributed by atoms with van der Waals surface area (Å²) >= 11 is 0. The molecule has 0 aliphatic heterocycles. The maximum atomic E-state index is 8.79. The van der Waals surface area contributed by atoms with Gasteiger partial charge in [-0.1, -0.05) is 42.9 Å². The lowest BCUT2D eigenvalue weighted by molar-refractivity contribution is 0.237. The van der Waals surface area contributed by atoms with Gasteiger partial charge in [0.25, 0.3) is 0 Å². The van der Waals surface area contributed by atoms with Crippen molar-refractivity contribution in [2.24, 2.45) is 0 Å². The molecule has 0 atom stereocenters. The van der Waals surface area contributed by atoms with Crippen molar-refractivity contribution in [2.45, 2.75) is 44.7 Å². The molecule has 2 nitrogen and oxygen atoms in total. The van der Waals surface area contributed by atoms with Crippen LogP contribution in [-0.2, 0) is 6.54 Å². The molecule has 1 N–H and O–H groups in total. The van der Waals surface area contributed by atoms with Gasteiger partial charge in [0.1, 0.15) is 0 Å². The number of hydrogen-bond acceptors (Lipinski definition) is 2. The molecule has 0 unspecified atom stereocenters. The quantitative estimate of drug-likeness (QED) is 0.838. The second kappa shape index (κ2) is 7.33. The van der Waals surface area contributed by atoms with E-state index in [1.807, 2.05) is 6.07 Å². The summed E-state index contributed by atoms with van der Waals surface area (Å²) in [6, 6.07) is 9.08. The molecule has 2 rings (SSSR count). The third kappa shape index (κ3) is 4.09. The lowest BCUT2D eigenvalue weighted by atomic mass is 10.1. The average molecular weight is 257 g/mol. The Bertz CT molecular complexity index is 452. The fraction of sp³-hybridized carbons (Fsp3) is 0.529. The Balaban J connectivity index is 2.05. The van der Waals surface area contributed by atoms with Crippen LogP contribution in [0.1, 0.15) is 43.2 Å². The zero-order valence-electron chi connectivity index (χ0n) is 11.7. The van der Waals surface area contributed by atoms with E-state index in [9.17, 15) is 0 Å². The molecule has 0 spiro atoms. The second-order valence-corrected chi connectivity index (χ2v) is 5.29. The lowest BCUT2D eigenvalue weighted by Gasteiger charge is -2.24. The number of nitrogens with zero attached hydrogens (tertiary/aromatic N) is 1. The van der Waals surface area contributed by atoms with Crippen molar-refractivity contribution in [1.82, 2.24) is 4.90 Å². The Morgan fingerprint density at radius 3 is 2.74 bits per heavy atom. The number of aliphatic hydroxyl groups excluding tert-OH is 1. The summed E-state index contributed by atoms with van der Waals surface area (Å²) in [4.78, 5) is 2.46. The molecule has 1 aromatic carbocycles. The summed E-state index contributed by atoms with van der Waals surface area (Å²) in [6.45, 7) is 1.10. The second-order valence-electron chi connectivity index (χ2n) is 5.29. The largest absolute Gasteiger partial charge is 0.395 e. The first kappa shape index (κ1) is 14.1. The van der Waals surface area contributed by atoms with E-state index in [0.29, 0.717) is 6.42 Å². The van der Waals surface area contributed by atoms with Crippen molar-refractivity contribution < 1.29 is 5.11 Å². The zero-order chi connectivity index (χ0) is 13.5. The molecule has 0 saturated heterocycles. The van der Waals surface area contributed by atoms with Crippen molar-refractivity contribution in [2.75, 3.05) is 13.7 Å². The predicted molar refractivity (Wildman–Crippen MR) is 78.7 cm³/mol. The van der Waals surface area contributed by atoms with E-state index in [-0.39, 0.29) is 6.61 Å². The van der Waals surface area contributed by atoms with Crippen molar-refractivity contribution >= 4 is 0 Å². The minimum atomic E-state index is 0.136. The number of hydrogen-bond donors (Lipinski definition) is 1. The van der Waals surface area contributed by atoms with Crippen LogP contribution in [0.5, 0.6) is 0 Å². The van der Waals surface area contributed by atoms with E-state index in [0.717, 1.165) is 18.2 Å². The van der Waals surface area contributed by atoms with Crippen LogP contribution in [-0.4, -0.2) is 29.7 Å².